The van der Waals surface area contributed by atoms with Gasteiger partial charge in [0.25, 0.3) is 0 Å². The van der Waals surface area contributed by atoms with Crippen LogP contribution in [0.4, 0.5) is 5.69 Å². The number of fused-ring (bicyclic) bond motifs is 1. The van der Waals surface area contributed by atoms with Gasteiger partial charge in [0.2, 0.25) is 5.91 Å². The summed E-state index contributed by atoms with van der Waals surface area (Å²) >= 11 is 0. The lowest BCUT2D eigenvalue weighted by Crippen LogP contribution is -2.14. The van der Waals surface area contributed by atoms with Crippen LogP contribution in [0.3, 0.4) is 0 Å². The van der Waals surface area contributed by atoms with Crippen LogP contribution >= 0.6 is 0 Å². The van der Waals surface area contributed by atoms with Crippen LogP contribution in [0.5, 0.6) is 5.75 Å². The number of aromatic nitrogens is 2. The zero-order valence-corrected chi connectivity index (χ0v) is 13.2. The second-order valence-electron chi connectivity index (χ2n) is 5.34. The van der Waals surface area contributed by atoms with Crippen LogP contribution in [0.2, 0.25) is 0 Å². The number of amides is 1. The van der Waals surface area contributed by atoms with Gasteiger partial charge < -0.3 is 14.5 Å². The number of anilines is 1. The van der Waals surface area contributed by atoms with Gasteiger partial charge in [-0.25, -0.2) is 4.98 Å². The lowest BCUT2D eigenvalue weighted by Gasteiger charge is -2.06. The van der Waals surface area contributed by atoms with Crippen molar-refractivity contribution < 1.29 is 9.53 Å². The monoisotopic (exact) mass is 309 g/mol. The van der Waals surface area contributed by atoms with E-state index >= 15 is 0 Å². The van der Waals surface area contributed by atoms with Gasteiger partial charge in [-0.15, -0.1) is 0 Å². The molecule has 0 saturated carbocycles. The minimum atomic E-state index is -0.0878. The van der Waals surface area contributed by atoms with E-state index in [0.717, 1.165) is 28.3 Å². The van der Waals surface area contributed by atoms with E-state index in [2.05, 4.69) is 10.3 Å². The Morgan fingerprint density at radius 1 is 1.26 bits per heavy atom. The predicted molar refractivity (Wildman–Crippen MR) is 89.9 cm³/mol. The van der Waals surface area contributed by atoms with Crippen LogP contribution in [0.15, 0.2) is 48.8 Å². The number of nitrogens with zero attached hydrogens (tertiary/aromatic N) is 2. The highest BCUT2D eigenvalue weighted by molar-refractivity contribution is 5.92. The largest absolute Gasteiger partial charge is 0.494 e. The molecule has 0 aliphatic carbocycles. The van der Waals surface area contributed by atoms with E-state index in [4.69, 9.17) is 4.74 Å². The van der Waals surface area contributed by atoms with E-state index in [1.807, 2.05) is 67.0 Å². The first-order valence-electron chi connectivity index (χ1n) is 7.61. The molecule has 0 radical (unpaired) electrons. The smallest absolute Gasteiger partial charge is 0.230 e. The first-order valence-corrected chi connectivity index (χ1v) is 7.61. The number of hydrogen-bond acceptors (Lipinski definition) is 3. The quantitative estimate of drug-likeness (QED) is 0.787. The van der Waals surface area contributed by atoms with Crippen molar-refractivity contribution in [3.8, 4) is 5.75 Å². The molecule has 0 atom stereocenters. The van der Waals surface area contributed by atoms with Crippen LogP contribution in [0.25, 0.3) is 5.65 Å². The van der Waals surface area contributed by atoms with E-state index in [1.165, 1.54) is 0 Å². The highest BCUT2D eigenvalue weighted by Gasteiger charge is 2.09. The Morgan fingerprint density at radius 3 is 2.74 bits per heavy atom. The topological polar surface area (TPSA) is 55.6 Å². The molecule has 5 nitrogen and oxygen atoms in total. The summed E-state index contributed by atoms with van der Waals surface area (Å²) in [7, 11) is 0. The molecule has 2 aromatic heterocycles. The second-order valence-corrected chi connectivity index (χ2v) is 5.34. The van der Waals surface area contributed by atoms with Crippen LogP contribution < -0.4 is 10.1 Å². The Morgan fingerprint density at radius 2 is 2.04 bits per heavy atom. The maximum absolute atomic E-state index is 12.2. The van der Waals surface area contributed by atoms with Crippen LogP contribution in [-0.4, -0.2) is 21.9 Å². The molecule has 118 valence electrons. The summed E-state index contributed by atoms with van der Waals surface area (Å²) in [5.41, 5.74) is 3.48. The van der Waals surface area contributed by atoms with Crippen molar-refractivity contribution in [2.45, 2.75) is 20.3 Å². The van der Waals surface area contributed by atoms with Gasteiger partial charge in [0.05, 0.1) is 18.7 Å². The Balaban J connectivity index is 1.67. The molecule has 0 fully saturated rings. The zero-order valence-electron chi connectivity index (χ0n) is 13.2. The van der Waals surface area contributed by atoms with Crippen molar-refractivity contribution >= 4 is 17.2 Å². The number of pyridine rings is 1. The molecule has 23 heavy (non-hydrogen) atoms. The van der Waals surface area contributed by atoms with Gasteiger partial charge in [0, 0.05) is 18.1 Å². The molecule has 0 aliphatic heterocycles. The average Bonchev–Trinajstić information content (AvgIpc) is 2.93. The van der Waals surface area contributed by atoms with E-state index in [1.54, 1.807) is 0 Å². The van der Waals surface area contributed by atoms with Crippen molar-refractivity contribution in [2.24, 2.45) is 0 Å². The summed E-state index contributed by atoms with van der Waals surface area (Å²) in [5, 5.41) is 2.87. The van der Waals surface area contributed by atoms with Crippen LogP contribution in [0, 0.1) is 6.92 Å². The lowest BCUT2D eigenvalue weighted by atomic mass is 10.2. The molecule has 1 N–H and O–H groups in total. The summed E-state index contributed by atoms with van der Waals surface area (Å²) in [6.07, 6.45) is 4.07. The number of carbonyl (C=O) groups excluding carboxylic acids is 1. The standard InChI is InChI=1S/C18H19N3O2/c1-3-23-16-8-6-14(7-9-16)19-17(22)11-15-12-21-10-4-5-13(2)18(21)20-15/h4-10,12H,3,11H2,1-2H3,(H,19,22). The molecule has 5 heteroatoms. The number of benzene rings is 1. The Hall–Kier alpha value is -2.82. The summed E-state index contributed by atoms with van der Waals surface area (Å²) < 4.78 is 7.32. The van der Waals surface area contributed by atoms with Gasteiger partial charge in [-0.05, 0) is 49.7 Å². The van der Waals surface area contributed by atoms with Gasteiger partial charge in [-0.3, -0.25) is 4.79 Å². The number of aryl methyl sites for hydroxylation is 1. The number of imidazole rings is 1. The third kappa shape index (κ3) is 3.51. The van der Waals surface area contributed by atoms with Crippen molar-refractivity contribution in [1.29, 1.82) is 0 Å². The normalized spacial score (nSPS) is 10.7. The van der Waals surface area contributed by atoms with Crippen LogP contribution in [0.1, 0.15) is 18.2 Å². The molecule has 0 saturated heterocycles. The summed E-state index contributed by atoms with van der Waals surface area (Å²) in [4.78, 5) is 16.7. The molecule has 2 heterocycles. The Kier molecular flexibility index (Phi) is 4.28. The third-order valence-corrected chi connectivity index (χ3v) is 3.52. The van der Waals surface area contributed by atoms with Crippen LogP contribution in [-0.2, 0) is 11.2 Å². The Bertz CT molecular complexity index is 822. The fourth-order valence-corrected chi connectivity index (χ4v) is 2.46. The molecule has 0 aliphatic rings. The number of carbonyl (C=O) groups is 1. The molecule has 1 aromatic carbocycles. The van der Waals surface area contributed by atoms with E-state index < -0.39 is 0 Å². The molecular weight excluding hydrogens is 290 g/mol. The highest BCUT2D eigenvalue weighted by atomic mass is 16.5. The van der Waals surface area contributed by atoms with Gasteiger partial charge in [0.15, 0.2) is 0 Å². The molecule has 0 bridgehead atoms. The van der Waals surface area contributed by atoms with E-state index in [0.29, 0.717) is 6.61 Å². The van der Waals surface area contributed by atoms with Gasteiger partial charge in [-0.1, -0.05) is 6.07 Å². The maximum Gasteiger partial charge on any atom is 0.230 e. The fourth-order valence-electron chi connectivity index (χ4n) is 2.46. The maximum atomic E-state index is 12.2. The molecule has 3 rings (SSSR count). The highest BCUT2D eigenvalue weighted by Crippen LogP contribution is 2.16. The lowest BCUT2D eigenvalue weighted by molar-refractivity contribution is -0.115. The summed E-state index contributed by atoms with van der Waals surface area (Å²) in [6.45, 7) is 4.57. The zero-order chi connectivity index (χ0) is 16.2. The molecule has 0 spiro atoms. The van der Waals surface area contributed by atoms with E-state index in [-0.39, 0.29) is 12.3 Å². The first-order chi connectivity index (χ1) is 11.2. The second kappa shape index (κ2) is 6.52. The first kappa shape index (κ1) is 15.1. The molecule has 1 amide bonds. The van der Waals surface area contributed by atoms with Gasteiger partial charge in [-0.2, -0.15) is 0 Å². The van der Waals surface area contributed by atoms with Crippen molar-refractivity contribution in [3.05, 3.63) is 60.0 Å². The minimum absolute atomic E-state index is 0.0878. The summed E-state index contributed by atoms with van der Waals surface area (Å²) in [6, 6.07) is 11.3. The van der Waals surface area contributed by atoms with Crippen molar-refractivity contribution in [3.63, 3.8) is 0 Å². The molecule has 3 aromatic rings. The Labute approximate surface area is 134 Å². The van der Waals surface area contributed by atoms with Gasteiger partial charge in [0.1, 0.15) is 11.4 Å². The number of nitrogens with one attached hydrogen (secondary N) is 1. The number of hydrogen-bond donors (Lipinski definition) is 1. The number of rotatable bonds is 5. The molecular formula is C18H19N3O2. The SMILES string of the molecule is CCOc1ccc(NC(=O)Cc2cn3cccc(C)c3n2)cc1. The van der Waals surface area contributed by atoms with Crippen molar-refractivity contribution in [2.75, 3.05) is 11.9 Å². The van der Waals surface area contributed by atoms with E-state index in [9.17, 15) is 4.79 Å². The number of ether oxygens (including phenoxy) is 1. The fraction of sp³-hybridized carbons (Fsp3) is 0.222. The summed E-state index contributed by atoms with van der Waals surface area (Å²) in [5.74, 6) is 0.705. The predicted octanol–water partition coefficient (Wildman–Crippen LogP) is 3.22. The minimum Gasteiger partial charge on any atom is -0.494 e. The van der Waals surface area contributed by atoms with Gasteiger partial charge >= 0.3 is 0 Å². The third-order valence-electron chi connectivity index (χ3n) is 3.52. The van der Waals surface area contributed by atoms with Crippen molar-refractivity contribution in [1.82, 2.24) is 9.38 Å². The average molecular weight is 309 g/mol. The molecule has 0 unspecified atom stereocenters.